The van der Waals surface area contributed by atoms with E-state index in [9.17, 15) is 19.2 Å². The van der Waals surface area contributed by atoms with E-state index in [-0.39, 0.29) is 27.4 Å². The highest BCUT2D eigenvalue weighted by Crippen LogP contribution is 2.52. The summed E-state index contributed by atoms with van der Waals surface area (Å²) in [6, 6.07) is 10.9. The van der Waals surface area contributed by atoms with Crippen LogP contribution >= 0.6 is 39.1 Å². The first-order chi connectivity index (χ1) is 15.8. The van der Waals surface area contributed by atoms with E-state index in [2.05, 4.69) is 15.9 Å². The van der Waals surface area contributed by atoms with Crippen molar-refractivity contribution in [2.45, 2.75) is 6.42 Å². The minimum absolute atomic E-state index is 0.0226. The van der Waals surface area contributed by atoms with Crippen LogP contribution in [0.4, 0.5) is 0 Å². The lowest BCUT2D eigenvalue weighted by molar-refractivity contribution is -0.154. The van der Waals surface area contributed by atoms with Gasteiger partial charge in [-0.3, -0.25) is 19.2 Å². The van der Waals surface area contributed by atoms with Crippen LogP contribution in [-0.2, 0) is 9.59 Å². The second-order valence-electron chi connectivity index (χ2n) is 8.41. The zero-order valence-electron chi connectivity index (χ0n) is 17.1. The van der Waals surface area contributed by atoms with Crippen molar-refractivity contribution in [3.05, 3.63) is 80.3 Å². The van der Waals surface area contributed by atoms with Crippen molar-refractivity contribution < 1.29 is 19.2 Å². The Labute approximate surface area is 208 Å². The molecule has 3 aliphatic rings. The molecule has 0 spiro atoms. The number of nitrogens with zero attached hydrogens (tertiary/aromatic N) is 2. The first-order valence-electron chi connectivity index (χ1n) is 10.4. The lowest BCUT2D eigenvalue weighted by Gasteiger charge is -2.31. The number of allylic oxidation sites excluding steroid dienone is 2. The largest absolute Gasteiger partial charge is 0.292 e. The van der Waals surface area contributed by atoms with Gasteiger partial charge < -0.3 is 0 Å². The summed E-state index contributed by atoms with van der Waals surface area (Å²) < 4.78 is 0.795. The number of hydrogen-bond acceptors (Lipinski definition) is 4. The minimum Gasteiger partial charge on any atom is -0.292 e. The van der Waals surface area contributed by atoms with Crippen LogP contribution in [-0.4, -0.2) is 40.1 Å². The van der Waals surface area contributed by atoms with Gasteiger partial charge in [-0.2, -0.15) is 5.01 Å². The number of ketones is 1. The quantitative estimate of drug-likeness (QED) is 0.306. The fraction of sp³-hybridized carbons (Fsp3) is 0.250. The Kier molecular flexibility index (Phi) is 5.67. The first kappa shape index (κ1) is 22.3. The van der Waals surface area contributed by atoms with Gasteiger partial charge in [-0.05, 0) is 48.6 Å². The van der Waals surface area contributed by atoms with Crippen molar-refractivity contribution in [2.24, 2.45) is 23.7 Å². The fourth-order valence-corrected chi connectivity index (χ4v) is 5.56. The maximum atomic E-state index is 13.5. The van der Waals surface area contributed by atoms with Crippen LogP contribution in [0, 0.1) is 23.7 Å². The third-order valence-corrected chi connectivity index (χ3v) is 7.82. The van der Waals surface area contributed by atoms with E-state index in [1.165, 1.54) is 18.2 Å². The molecule has 0 radical (unpaired) electrons. The lowest BCUT2D eigenvalue weighted by Crippen LogP contribution is -2.52. The van der Waals surface area contributed by atoms with Gasteiger partial charge in [0.1, 0.15) is 6.54 Å². The number of carbonyl (C=O) groups excluding carboxylic acids is 4. The second kappa shape index (κ2) is 8.38. The van der Waals surface area contributed by atoms with Gasteiger partial charge in [0, 0.05) is 15.6 Å². The van der Waals surface area contributed by atoms with E-state index in [0.29, 0.717) is 5.56 Å². The Morgan fingerprint density at radius 3 is 2.06 bits per heavy atom. The van der Waals surface area contributed by atoms with Gasteiger partial charge in [0.15, 0.2) is 5.78 Å². The van der Waals surface area contributed by atoms with E-state index >= 15 is 0 Å². The lowest BCUT2D eigenvalue weighted by atomic mass is 9.85. The maximum absolute atomic E-state index is 13.5. The molecule has 1 saturated carbocycles. The average molecular weight is 548 g/mol. The summed E-state index contributed by atoms with van der Waals surface area (Å²) >= 11 is 15.4. The highest BCUT2D eigenvalue weighted by Gasteiger charge is 2.61. The summed E-state index contributed by atoms with van der Waals surface area (Å²) in [6.07, 6.45) is 4.70. The number of benzene rings is 2. The molecule has 9 heteroatoms. The predicted octanol–water partition coefficient (Wildman–Crippen LogP) is 4.80. The number of fused-ring (bicyclic) bond motifs is 5. The number of hydrazine groups is 1. The summed E-state index contributed by atoms with van der Waals surface area (Å²) in [6.45, 7) is -0.472. The fourth-order valence-electron chi connectivity index (χ4n) is 5.00. The van der Waals surface area contributed by atoms with Crippen molar-refractivity contribution in [3.8, 4) is 0 Å². The monoisotopic (exact) mass is 546 g/mol. The Morgan fingerprint density at radius 2 is 1.48 bits per heavy atom. The molecule has 3 amide bonds. The topological polar surface area (TPSA) is 74.8 Å². The molecule has 5 rings (SSSR count). The Morgan fingerprint density at radius 1 is 0.909 bits per heavy atom. The molecule has 1 saturated heterocycles. The number of rotatable bonds is 5. The van der Waals surface area contributed by atoms with E-state index in [0.717, 1.165) is 20.9 Å². The number of carbonyl (C=O) groups is 4. The van der Waals surface area contributed by atoms with Crippen LogP contribution in [0.1, 0.15) is 27.1 Å². The molecule has 0 aromatic heterocycles. The Bertz CT molecular complexity index is 1200. The third-order valence-electron chi connectivity index (χ3n) is 6.55. The summed E-state index contributed by atoms with van der Waals surface area (Å²) in [4.78, 5) is 53.3. The molecular weight excluding hydrogens is 531 g/mol. The van der Waals surface area contributed by atoms with Crippen molar-refractivity contribution in [2.75, 3.05) is 6.54 Å². The maximum Gasteiger partial charge on any atom is 0.273 e. The molecule has 2 aliphatic carbocycles. The van der Waals surface area contributed by atoms with Crippen LogP contribution in [0.5, 0.6) is 0 Å². The average Bonchev–Trinajstić information content (AvgIpc) is 3.48. The van der Waals surface area contributed by atoms with E-state index in [1.54, 1.807) is 24.3 Å². The molecule has 2 aromatic rings. The van der Waals surface area contributed by atoms with Gasteiger partial charge in [-0.15, -0.1) is 0 Å². The van der Waals surface area contributed by atoms with E-state index < -0.39 is 41.9 Å². The van der Waals surface area contributed by atoms with Gasteiger partial charge >= 0.3 is 0 Å². The van der Waals surface area contributed by atoms with Gasteiger partial charge in [0.2, 0.25) is 0 Å². The molecule has 4 atom stereocenters. The van der Waals surface area contributed by atoms with Crippen molar-refractivity contribution in [1.82, 2.24) is 10.0 Å². The van der Waals surface area contributed by atoms with Gasteiger partial charge in [0.05, 0.1) is 21.9 Å². The summed E-state index contributed by atoms with van der Waals surface area (Å²) in [5, 5.41) is 2.24. The highest BCUT2D eigenvalue weighted by atomic mass is 79.9. The Hall–Kier alpha value is -2.48. The summed E-state index contributed by atoms with van der Waals surface area (Å²) in [5.74, 6) is -3.02. The molecule has 2 fully saturated rings. The minimum atomic E-state index is -0.680. The number of hydrogen-bond donors (Lipinski definition) is 0. The number of imide groups is 1. The van der Waals surface area contributed by atoms with Gasteiger partial charge in [-0.25, -0.2) is 5.01 Å². The van der Waals surface area contributed by atoms with Crippen molar-refractivity contribution >= 4 is 62.6 Å². The normalized spacial score (nSPS) is 25.0. The van der Waals surface area contributed by atoms with Gasteiger partial charge in [-0.1, -0.05) is 63.4 Å². The van der Waals surface area contributed by atoms with Crippen LogP contribution in [0.2, 0.25) is 10.0 Å². The molecule has 6 nitrogen and oxygen atoms in total. The van der Waals surface area contributed by atoms with Crippen molar-refractivity contribution in [3.63, 3.8) is 0 Å². The van der Waals surface area contributed by atoms with Crippen LogP contribution in [0.25, 0.3) is 0 Å². The number of Topliss-reactive ketones (excluding diaryl/α,β-unsaturated/α-hetero) is 1. The van der Waals surface area contributed by atoms with Crippen LogP contribution in [0.15, 0.2) is 59.1 Å². The molecule has 0 unspecified atom stereocenters. The van der Waals surface area contributed by atoms with Gasteiger partial charge in [0.25, 0.3) is 17.7 Å². The standard InChI is InChI=1S/C24H17BrCl2N2O4/c25-16-6-3-12(4-7-16)19(30)11-28(22(31)15-5-8-17(26)18(27)10-15)29-23(32)20-13-1-2-14(9-13)21(20)24(29)33/h1-8,10,13-14,20-21H,9,11H2/t13-,14+,20-,21+. The molecule has 1 aliphatic heterocycles. The molecule has 2 bridgehead atoms. The summed E-state index contributed by atoms with van der Waals surface area (Å²) in [5.41, 5.74) is 0.470. The number of halogens is 3. The van der Waals surface area contributed by atoms with E-state index in [4.69, 9.17) is 23.2 Å². The van der Waals surface area contributed by atoms with Crippen LogP contribution in [0.3, 0.4) is 0 Å². The molecule has 2 aromatic carbocycles. The molecule has 0 N–H and O–H groups in total. The first-order valence-corrected chi connectivity index (χ1v) is 11.9. The molecule has 1 heterocycles. The SMILES string of the molecule is O=C(CN(C(=O)c1ccc(Cl)c(Cl)c1)N1C(=O)[C@@H]2[C@H](C1=O)[C@@H]1C=C[C@H]2C1)c1ccc(Br)cc1. The number of amides is 3. The van der Waals surface area contributed by atoms with Crippen molar-refractivity contribution in [1.29, 1.82) is 0 Å². The second-order valence-corrected chi connectivity index (χ2v) is 10.1. The third kappa shape index (κ3) is 3.72. The predicted molar refractivity (Wildman–Crippen MR) is 126 cm³/mol. The highest BCUT2D eigenvalue weighted by molar-refractivity contribution is 9.10. The zero-order chi connectivity index (χ0) is 23.4. The molecular formula is C24H17BrCl2N2O4. The molecule has 33 heavy (non-hydrogen) atoms. The zero-order valence-corrected chi connectivity index (χ0v) is 20.2. The summed E-state index contributed by atoms with van der Waals surface area (Å²) in [7, 11) is 0. The Balaban J connectivity index is 1.51. The van der Waals surface area contributed by atoms with E-state index in [1.807, 2.05) is 12.2 Å². The van der Waals surface area contributed by atoms with Crippen LogP contribution < -0.4 is 0 Å². The molecule has 168 valence electrons. The smallest absolute Gasteiger partial charge is 0.273 e.